The third-order valence-corrected chi connectivity index (χ3v) is 3.71. The Morgan fingerprint density at radius 2 is 2.09 bits per heavy atom. The minimum absolute atomic E-state index is 0.0843. The molecule has 1 atom stereocenters. The molecule has 2 aromatic rings. The molecule has 1 fully saturated rings. The number of morpholine rings is 1. The lowest BCUT2D eigenvalue weighted by Gasteiger charge is -2.30. The summed E-state index contributed by atoms with van der Waals surface area (Å²) in [5.41, 5.74) is 1.71. The van der Waals surface area contributed by atoms with Crippen molar-refractivity contribution in [2.75, 3.05) is 19.7 Å². The van der Waals surface area contributed by atoms with Crippen LogP contribution in [0.5, 0.6) is 0 Å². The van der Waals surface area contributed by atoms with Gasteiger partial charge in [-0.2, -0.15) is 5.10 Å². The number of amides is 1. The van der Waals surface area contributed by atoms with E-state index in [0.29, 0.717) is 6.54 Å². The van der Waals surface area contributed by atoms with Crippen molar-refractivity contribution in [2.24, 2.45) is 0 Å². The molecule has 1 amide bonds. The molecule has 1 aromatic carbocycles. The average molecular weight is 315 g/mol. The van der Waals surface area contributed by atoms with E-state index < -0.39 is 12.1 Å². The number of carbonyl (C=O) groups is 2. The normalized spacial score (nSPS) is 17.9. The summed E-state index contributed by atoms with van der Waals surface area (Å²) in [5.74, 6) is -1.16. The lowest BCUT2D eigenvalue weighted by molar-refractivity contribution is -0.159. The van der Waals surface area contributed by atoms with Crippen molar-refractivity contribution < 1.29 is 19.4 Å². The quantitative estimate of drug-likeness (QED) is 0.899. The highest BCUT2D eigenvalue weighted by Gasteiger charge is 2.28. The van der Waals surface area contributed by atoms with E-state index in [0.717, 1.165) is 11.3 Å². The minimum atomic E-state index is -1.04. The van der Waals surface area contributed by atoms with E-state index in [4.69, 9.17) is 9.84 Å². The smallest absolute Gasteiger partial charge is 0.334 e. The number of nitrogens with zero attached hydrogens (tertiary/aromatic N) is 3. The maximum absolute atomic E-state index is 12.3. The van der Waals surface area contributed by atoms with Crippen LogP contribution in [-0.4, -0.2) is 57.5 Å². The number of carboxylic acids is 1. The van der Waals surface area contributed by atoms with Crippen LogP contribution < -0.4 is 0 Å². The van der Waals surface area contributed by atoms with Gasteiger partial charge in [-0.25, -0.2) is 9.48 Å². The van der Waals surface area contributed by atoms with Gasteiger partial charge >= 0.3 is 5.97 Å². The topological polar surface area (TPSA) is 84.7 Å². The van der Waals surface area contributed by atoms with Gasteiger partial charge < -0.3 is 14.7 Å². The van der Waals surface area contributed by atoms with Gasteiger partial charge in [0.2, 0.25) is 5.91 Å². The predicted molar refractivity (Wildman–Crippen MR) is 81.2 cm³/mol. The Hall–Kier alpha value is -2.67. The van der Waals surface area contributed by atoms with Crippen molar-refractivity contribution in [1.82, 2.24) is 14.7 Å². The van der Waals surface area contributed by atoms with Crippen LogP contribution in [0, 0.1) is 0 Å². The molecule has 23 heavy (non-hydrogen) atoms. The molecule has 2 heterocycles. The summed E-state index contributed by atoms with van der Waals surface area (Å²) in [6.45, 7) is 0.739. The summed E-state index contributed by atoms with van der Waals surface area (Å²) in [5, 5.41) is 13.2. The molecule has 3 rings (SSSR count). The van der Waals surface area contributed by atoms with Crippen molar-refractivity contribution in [3.05, 3.63) is 48.3 Å². The lowest BCUT2D eigenvalue weighted by Crippen LogP contribution is -2.49. The van der Waals surface area contributed by atoms with Crippen molar-refractivity contribution in [1.29, 1.82) is 0 Å². The second-order valence-corrected chi connectivity index (χ2v) is 5.34. The van der Waals surface area contributed by atoms with Crippen LogP contribution in [0.2, 0.25) is 0 Å². The maximum atomic E-state index is 12.3. The highest BCUT2D eigenvalue weighted by atomic mass is 16.5. The number of rotatable bonds is 4. The summed E-state index contributed by atoms with van der Waals surface area (Å²) < 4.78 is 6.83. The van der Waals surface area contributed by atoms with Crippen LogP contribution in [0.15, 0.2) is 42.7 Å². The van der Waals surface area contributed by atoms with Gasteiger partial charge in [0.15, 0.2) is 6.10 Å². The zero-order valence-electron chi connectivity index (χ0n) is 12.5. The number of aromatic nitrogens is 2. The Balaban J connectivity index is 1.64. The first-order chi connectivity index (χ1) is 11.1. The van der Waals surface area contributed by atoms with Gasteiger partial charge in [0.1, 0.15) is 0 Å². The molecule has 1 saturated heterocycles. The second kappa shape index (κ2) is 6.62. The number of carboxylic acid groups (broad SMARTS) is 1. The Labute approximate surface area is 133 Å². The standard InChI is InChI=1S/C16H17N3O4/c20-15(18-6-7-23-14(11-18)16(21)22)8-12-9-17-19(10-12)13-4-2-1-3-5-13/h1-5,9-10,14H,6-8,11H2,(H,21,22)/t14-/m1/s1. The molecule has 1 aromatic heterocycles. The molecule has 120 valence electrons. The number of para-hydroxylation sites is 1. The molecule has 0 saturated carbocycles. The molecule has 1 N–H and O–H groups in total. The summed E-state index contributed by atoms with van der Waals surface area (Å²) in [6, 6.07) is 9.62. The molecule has 1 aliphatic heterocycles. The lowest BCUT2D eigenvalue weighted by atomic mass is 10.2. The Kier molecular flexibility index (Phi) is 4.38. The Morgan fingerprint density at radius 3 is 2.83 bits per heavy atom. The number of benzene rings is 1. The highest BCUT2D eigenvalue weighted by Crippen LogP contribution is 2.11. The molecule has 7 heteroatoms. The number of carbonyl (C=O) groups excluding carboxylic acids is 1. The van der Waals surface area contributed by atoms with Gasteiger partial charge in [-0.1, -0.05) is 18.2 Å². The fourth-order valence-electron chi connectivity index (χ4n) is 2.48. The average Bonchev–Trinajstić information content (AvgIpc) is 3.04. The van der Waals surface area contributed by atoms with Gasteiger partial charge in [0.25, 0.3) is 0 Å². The van der Waals surface area contributed by atoms with Gasteiger partial charge in [0, 0.05) is 12.7 Å². The summed E-state index contributed by atoms with van der Waals surface area (Å²) in [7, 11) is 0. The monoisotopic (exact) mass is 315 g/mol. The molecule has 0 radical (unpaired) electrons. The second-order valence-electron chi connectivity index (χ2n) is 5.34. The van der Waals surface area contributed by atoms with Crippen molar-refractivity contribution >= 4 is 11.9 Å². The van der Waals surface area contributed by atoms with E-state index in [-0.39, 0.29) is 25.5 Å². The van der Waals surface area contributed by atoms with E-state index in [1.54, 1.807) is 10.9 Å². The van der Waals surface area contributed by atoms with Crippen molar-refractivity contribution in [3.63, 3.8) is 0 Å². The van der Waals surface area contributed by atoms with Crippen LogP contribution in [0.1, 0.15) is 5.56 Å². The molecule has 0 aliphatic carbocycles. The molecule has 7 nitrogen and oxygen atoms in total. The molecule has 0 unspecified atom stereocenters. The summed E-state index contributed by atoms with van der Waals surface area (Å²) >= 11 is 0. The summed E-state index contributed by atoms with van der Waals surface area (Å²) in [4.78, 5) is 24.8. The van der Waals surface area contributed by atoms with Crippen LogP contribution in [-0.2, 0) is 20.7 Å². The van der Waals surface area contributed by atoms with Gasteiger partial charge in [-0.05, 0) is 17.7 Å². The zero-order valence-corrected chi connectivity index (χ0v) is 12.5. The first kappa shape index (κ1) is 15.2. The van der Waals surface area contributed by atoms with Crippen LogP contribution in [0.3, 0.4) is 0 Å². The van der Waals surface area contributed by atoms with Crippen LogP contribution in [0.25, 0.3) is 5.69 Å². The number of ether oxygens (including phenoxy) is 1. The maximum Gasteiger partial charge on any atom is 0.334 e. The number of hydrogen-bond donors (Lipinski definition) is 1. The van der Waals surface area contributed by atoms with Gasteiger partial charge in [0.05, 0.1) is 31.5 Å². The van der Waals surface area contributed by atoms with E-state index in [1.807, 2.05) is 36.5 Å². The van der Waals surface area contributed by atoms with Gasteiger partial charge in [-0.15, -0.1) is 0 Å². The molecular formula is C16H17N3O4. The SMILES string of the molecule is O=C(O)[C@H]1CN(C(=O)Cc2cnn(-c3ccccc3)c2)CCO1. The number of hydrogen-bond acceptors (Lipinski definition) is 4. The van der Waals surface area contributed by atoms with Crippen molar-refractivity contribution in [3.8, 4) is 5.69 Å². The fraction of sp³-hybridized carbons (Fsp3) is 0.312. The first-order valence-corrected chi connectivity index (χ1v) is 7.34. The van der Waals surface area contributed by atoms with Crippen molar-refractivity contribution in [2.45, 2.75) is 12.5 Å². The third-order valence-electron chi connectivity index (χ3n) is 3.71. The zero-order chi connectivity index (χ0) is 16.2. The van der Waals surface area contributed by atoms with E-state index in [1.165, 1.54) is 4.90 Å². The largest absolute Gasteiger partial charge is 0.479 e. The summed E-state index contributed by atoms with van der Waals surface area (Å²) in [6.07, 6.45) is 2.71. The third kappa shape index (κ3) is 3.57. The minimum Gasteiger partial charge on any atom is -0.479 e. The van der Waals surface area contributed by atoms with E-state index in [2.05, 4.69) is 5.10 Å². The number of aliphatic carboxylic acids is 1. The molecule has 0 spiro atoms. The Morgan fingerprint density at radius 1 is 1.30 bits per heavy atom. The Bertz CT molecular complexity index is 698. The van der Waals surface area contributed by atoms with E-state index in [9.17, 15) is 9.59 Å². The van der Waals surface area contributed by atoms with Gasteiger partial charge in [-0.3, -0.25) is 4.79 Å². The fourth-order valence-corrected chi connectivity index (χ4v) is 2.48. The molecule has 1 aliphatic rings. The molecular weight excluding hydrogens is 298 g/mol. The highest BCUT2D eigenvalue weighted by molar-refractivity contribution is 5.80. The van der Waals surface area contributed by atoms with E-state index >= 15 is 0 Å². The van der Waals surface area contributed by atoms with Crippen LogP contribution in [0.4, 0.5) is 0 Å². The predicted octanol–water partition coefficient (Wildman–Crippen LogP) is 0.727. The van der Waals surface area contributed by atoms with Crippen LogP contribution >= 0.6 is 0 Å². The molecule has 0 bridgehead atoms. The first-order valence-electron chi connectivity index (χ1n) is 7.34.